The van der Waals surface area contributed by atoms with Gasteiger partial charge < -0.3 is 0 Å². The molecule has 0 aliphatic heterocycles. The van der Waals surface area contributed by atoms with Gasteiger partial charge in [-0.1, -0.05) is 0 Å². The molecular weight excluding hydrogens is 455 g/mol. The summed E-state index contributed by atoms with van der Waals surface area (Å²) in [6.45, 7) is 17.3. The van der Waals surface area contributed by atoms with Gasteiger partial charge in [0, 0.05) is 0 Å². The fourth-order valence-electron chi connectivity index (χ4n) is 4.46. The quantitative estimate of drug-likeness (QED) is 0.227. The van der Waals surface area contributed by atoms with Crippen molar-refractivity contribution in [3.05, 3.63) is 19.9 Å². The summed E-state index contributed by atoms with van der Waals surface area (Å²) in [4.78, 5) is 27.1. The SMILES string of the molecule is CCC[CH2][Sn]([CH2]CCC)([CH2]CCC)[C]1=C([Si](C)(C)C)C(=O)C(C)=C(C)C1=O. The molecule has 1 aliphatic rings. The van der Waals surface area contributed by atoms with Crippen molar-refractivity contribution in [1.82, 2.24) is 0 Å². The Morgan fingerprint density at radius 3 is 1.41 bits per heavy atom. The Labute approximate surface area is 173 Å². The van der Waals surface area contributed by atoms with Gasteiger partial charge in [0.05, 0.1) is 0 Å². The van der Waals surface area contributed by atoms with Crippen LogP contribution < -0.4 is 0 Å². The second-order valence-electron chi connectivity index (χ2n) is 9.50. The zero-order valence-corrected chi connectivity index (χ0v) is 23.0. The monoisotopic (exact) mass is 498 g/mol. The number of hydrogen-bond acceptors (Lipinski definition) is 2. The van der Waals surface area contributed by atoms with Crippen LogP contribution in [0.15, 0.2) is 19.9 Å². The van der Waals surface area contributed by atoms with E-state index in [1.54, 1.807) is 0 Å². The number of allylic oxidation sites excluding steroid dienone is 4. The van der Waals surface area contributed by atoms with Crippen LogP contribution >= 0.6 is 0 Å². The van der Waals surface area contributed by atoms with Crippen molar-refractivity contribution in [3.8, 4) is 0 Å². The Morgan fingerprint density at radius 2 is 1.07 bits per heavy atom. The predicted molar refractivity (Wildman–Crippen MR) is 124 cm³/mol. The molecule has 0 aromatic heterocycles. The van der Waals surface area contributed by atoms with Crippen LogP contribution in [0.2, 0.25) is 33.0 Å². The number of Topliss-reactive ketones (excluding diaryl/α,β-unsaturated/α-hetero) is 2. The molecule has 0 unspecified atom stereocenters. The summed E-state index contributed by atoms with van der Waals surface area (Å²) in [5.41, 5.74) is 1.45. The number of hydrogen-bond donors (Lipinski definition) is 0. The van der Waals surface area contributed by atoms with E-state index in [9.17, 15) is 9.59 Å². The molecule has 1 rings (SSSR count). The van der Waals surface area contributed by atoms with Gasteiger partial charge in [0.25, 0.3) is 0 Å². The van der Waals surface area contributed by atoms with Gasteiger partial charge in [-0.25, -0.2) is 0 Å². The molecule has 0 saturated carbocycles. The number of carbonyl (C=O) groups excluding carboxylic acids is 2. The van der Waals surface area contributed by atoms with Crippen LogP contribution in [0.3, 0.4) is 0 Å². The molecule has 0 aromatic rings. The molecule has 2 nitrogen and oxygen atoms in total. The average Bonchev–Trinajstić information content (AvgIpc) is 2.61. The van der Waals surface area contributed by atoms with E-state index < -0.39 is 26.5 Å². The van der Waals surface area contributed by atoms with E-state index in [1.165, 1.54) is 51.8 Å². The normalized spacial score (nSPS) is 16.6. The molecule has 0 bridgehead atoms. The predicted octanol–water partition coefficient (Wildman–Crippen LogP) is 7.04. The standard InChI is InChI=1S/C11H15O2Si.3C4H9.Sn/c1-7-8(2)11(13)10(6-9(7)12)14(3,4)5;3*1-3-4-2;/h1-5H3;3*1,3-4H2,2H3;. The van der Waals surface area contributed by atoms with E-state index >= 15 is 0 Å². The van der Waals surface area contributed by atoms with Gasteiger partial charge in [-0.15, -0.1) is 0 Å². The molecule has 0 amide bonds. The zero-order chi connectivity index (χ0) is 20.8. The molecular formula is C23H42O2SiSn. The van der Waals surface area contributed by atoms with Gasteiger partial charge in [-0.2, -0.15) is 0 Å². The summed E-state index contributed by atoms with van der Waals surface area (Å²) in [7, 11) is -1.90. The zero-order valence-electron chi connectivity index (χ0n) is 19.2. The van der Waals surface area contributed by atoms with Gasteiger partial charge in [0.2, 0.25) is 0 Å². The van der Waals surface area contributed by atoms with E-state index in [1.807, 2.05) is 13.8 Å². The summed E-state index contributed by atoms with van der Waals surface area (Å²) in [5, 5.41) is 1.02. The fraction of sp³-hybridized carbons (Fsp3) is 0.739. The minimum atomic E-state index is -2.96. The van der Waals surface area contributed by atoms with Crippen LogP contribution in [0.1, 0.15) is 73.1 Å². The van der Waals surface area contributed by atoms with Gasteiger partial charge in [0.15, 0.2) is 0 Å². The Bertz CT molecular complexity index is 601. The van der Waals surface area contributed by atoms with Crippen LogP contribution in [0.4, 0.5) is 0 Å². The number of unbranched alkanes of at least 4 members (excludes halogenated alkanes) is 3. The van der Waals surface area contributed by atoms with Gasteiger partial charge in [-0.3, -0.25) is 0 Å². The van der Waals surface area contributed by atoms with Crippen LogP contribution in [-0.2, 0) is 9.59 Å². The van der Waals surface area contributed by atoms with E-state index in [0.29, 0.717) is 5.57 Å². The molecule has 0 radical (unpaired) electrons. The Hall–Kier alpha value is -0.164. The summed E-state index contributed by atoms with van der Waals surface area (Å²) < 4.78 is 4.89. The van der Waals surface area contributed by atoms with Gasteiger partial charge in [0.1, 0.15) is 0 Å². The summed E-state index contributed by atoms with van der Waals surface area (Å²) >= 11 is -2.96. The van der Waals surface area contributed by atoms with E-state index in [4.69, 9.17) is 0 Å². The third-order valence-corrected chi connectivity index (χ3v) is 24.6. The number of carbonyl (C=O) groups is 2. The maximum atomic E-state index is 13.7. The number of rotatable bonds is 11. The second kappa shape index (κ2) is 10.6. The Balaban J connectivity index is 3.75. The van der Waals surface area contributed by atoms with Gasteiger partial charge >= 0.3 is 174 Å². The first-order valence-electron chi connectivity index (χ1n) is 11.1. The summed E-state index contributed by atoms with van der Waals surface area (Å²) in [6, 6.07) is 0. The topological polar surface area (TPSA) is 34.1 Å². The molecule has 0 aromatic carbocycles. The molecule has 0 saturated heterocycles. The van der Waals surface area contributed by atoms with E-state index in [0.717, 1.165) is 14.4 Å². The number of ketones is 2. The molecule has 27 heavy (non-hydrogen) atoms. The molecule has 0 spiro atoms. The summed E-state index contributed by atoms with van der Waals surface area (Å²) in [6.07, 6.45) is 7.20. The van der Waals surface area contributed by atoms with Crippen molar-refractivity contribution in [3.63, 3.8) is 0 Å². The minimum absolute atomic E-state index is 0.215. The van der Waals surface area contributed by atoms with Crippen molar-refractivity contribution in [2.24, 2.45) is 0 Å². The van der Waals surface area contributed by atoms with Crippen molar-refractivity contribution >= 4 is 38.0 Å². The Morgan fingerprint density at radius 1 is 0.704 bits per heavy atom. The summed E-state index contributed by atoms with van der Waals surface area (Å²) in [5.74, 6) is 0.482. The van der Waals surface area contributed by atoms with Crippen LogP contribution in [0.25, 0.3) is 0 Å². The first kappa shape index (κ1) is 24.9. The second-order valence-corrected chi connectivity index (χ2v) is 27.5. The van der Waals surface area contributed by atoms with Crippen LogP contribution in [-0.4, -0.2) is 38.0 Å². The van der Waals surface area contributed by atoms with Crippen molar-refractivity contribution < 1.29 is 9.59 Å². The van der Waals surface area contributed by atoms with Crippen LogP contribution in [0, 0.1) is 0 Å². The maximum absolute atomic E-state index is 13.7. The molecule has 0 fully saturated rings. The molecule has 0 heterocycles. The molecule has 0 atom stereocenters. The molecule has 4 heteroatoms. The van der Waals surface area contributed by atoms with Crippen molar-refractivity contribution in [2.75, 3.05) is 0 Å². The third-order valence-electron chi connectivity index (χ3n) is 6.25. The fourth-order valence-corrected chi connectivity index (χ4v) is 28.0. The molecule has 154 valence electrons. The van der Waals surface area contributed by atoms with E-state index in [2.05, 4.69) is 40.4 Å². The third kappa shape index (κ3) is 5.68. The average molecular weight is 497 g/mol. The van der Waals surface area contributed by atoms with Crippen molar-refractivity contribution in [1.29, 1.82) is 0 Å². The van der Waals surface area contributed by atoms with E-state index in [-0.39, 0.29) is 11.6 Å². The Kier molecular flexibility index (Phi) is 9.73. The van der Waals surface area contributed by atoms with Crippen LogP contribution in [0.5, 0.6) is 0 Å². The first-order chi connectivity index (χ1) is 12.6. The molecule has 0 N–H and O–H groups in total. The van der Waals surface area contributed by atoms with Gasteiger partial charge in [-0.05, 0) is 0 Å². The first-order valence-corrected chi connectivity index (χ1v) is 22.1. The molecule has 1 aliphatic carbocycles. The van der Waals surface area contributed by atoms with Crippen molar-refractivity contribution in [2.45, 2.75) is 106 Å².